The van der Waals surface area contributed by atoms with Gasteiger partial charge in [-0.3, -0.25) is 4.79 Å². The molecule has 168 valence electrons. The van der Waals surface area contributed by atoms with Crippen molar-refractivity contribution < 1.29 is 13.2 Å². The lowest BCUT2D eigenvalue weighted by atomic mass is 10.1. The molecule has 4 rings (SSSR count). The number of amides is 1. The van der Waals surface area contributed by atoms with Gasteiger partial charge in [0.1, 0.15) is 0 Å². The van der Waals surface area contributed by atoms with Crippen LogP contribution in [0.1, 0.15) is 11.1 Å². The topological polar surface area (TPSA) is 80.2 Å². The van der Waals surface area contributed by atoms with E-state index in [4.69, 9.17) is 0 Å². The van der Waals surface area contributed by atoms with E-state index in [2.05, 4.69) is 10.6 Å². The van der Waals surface area contributed by atoms with Crippen molar-refractivity contribution in [3.63, 3.8) is 0 Å². The SMILES string of the molecule is CN[C@@H](Cc1ccccc1)C(=O)N/C=C/c1cn(S(=O)(=O)c2ccccc2)c2ccccc12. The highest BCUT2D eigenvalue weighted by molar-refractivity contribution is 7.90. The van der Waals surface area contributed by atoms with Gasteiger partial charge in [-0.2, -0.15) is 0 Å². The Hall–Kier alpha value is -3.68. The lowest BCUT2D eigenvalue weighted by molar-refractivity contribution is -0.122. The summed E-state index contributed by atoms with van der Waals surface area (Å²) in [5.74, 6) is -0.168. The number of aromatic nitrogens is 1. The summed E-state index contributed by atoms with van der Waals surface area (Å²) in [6, 6.07) is 25.0. The molecule has 1 heterocycles. The normalized spacial score (nSPS) is 12.8. The van der Waals surface area contributed by atoms with Crippen LogP contribution in [0.4, 0.5) is 0 Å². The van der Waals surface area contributed by atoms with Crippen molar-refractivity contribution in [3.8, 4) is 0 Å². The van der Waals surface area contributed by atoms with E-state index >= 15 is 0 Å². The smallest absolute Gasteiger partial charge is 0.268 e. The van der Waals surface area contributed by atoms with Crippen molar-refractivity contribution in [1.29, 1.82) is 0 Å². The summed E-state index contributed by atoms with van der Waals surface area (Å²) in [6.07, 6.45) is 5.41. The van der Waals surface area contributed by atoms with Gasteiger partial charge in [-0.25, -0.2) is 12.4 Å². The zero-order valence-electron chi connectivity index (χ0n) is 18.2. The van der Waals surface area contributed by atoms with Crippen molar-refractivity contribution in [3.05, 3.63) is 108 Å². The first-order valence-corrected chi connectivity index (χ1v) is 12.0. The third-order valence-corrected chi connectivity index (χ3v) is 7.13. The molecule has 1 aromatic heterocycles. The second kappa shape index (κ2) is 9.85. The zero-order valence-corrected chi connectivity index (χ0v) is 19.0. The Morgan fingerprint density at radius 1 is 0.939 bits per heavy atom. The maximum Gasteiger partial charge on any atom is 0.268 e. The molecule has 0 fully saturated rings. The Morgan fingerprint density at radius 2 is 1.58 bits per heavy atom. The average molecular weight is 460 g/mol. The molecule has 4 aromatic rings. The van der Waals surface area contributed by atoms with E-state index in [0.717, 1.165) is 10.9 Å². The van der Waals surface area contributed by atoms with Crippen LogP contribution < -0.4 is 10.6 Å². The molecule has 33 heavy (non-hydrogen) atoms. The fourth-order valence-electron chi connectivity index (χ4n) is 3.70. The molecule has 0 saturated heterocycles. The van der Waals surface area contributed by atoms with Crippen LogP contribution in [-0.2, 0) is 21.2 Å². The van der Waals surface area contributed by atoms with Gasteiger partial charge in [-0.05, 0) is 43.3 Å². The van der Waals surface area contributed by atoms with Gasteiger partial charge < -0.3 is 10.6 Å². The van der Waals surface area contributed by atoms with Crippen LogP contribution in [0, 0.1) is 0 Å². The molecule has 1 atom stereocenters. The van der Waals surface area contributed by atoms with E-state index in [1.807, 2.05) is 42.5 Å². The molecule has 3 aromatic carbocycles. The Labute approximate surface area is 193 Å². The highest BCUT2D eigenvalue weighted by Gasteiger charge is 2.20. The number of carbonyl (C=O) groups is 1. The first kappa shape index (κ1) is 22.5. The Kier molecular flexibility index (Phi) is 6.72. The van der Waals surface area contributed by atoms with E-state index in [9.17, 15) is 13.2 Å². The van der Waals surface area contributed by atoms with Crippen molar-refractivity contribution in [2.75, 3.05) is 7.05 Å². The predicted molar refractivity (Wildman–Crippen MR) is 131 cm³/mol. The monoisotopic (exact) mass is 459 g/mol. The summed E-state index contributed by atoms with van der Waals surface area (Å²) in [5.41, 5.74) is 2.32. The minimum atomic E-state index is -3.75. The lowest BCUT2D eigenvalue weighted by Gasteiger charge is -2.14. The molecule has 0 radical (unpaired) electrons. The van der Waals surface area contributed by atoms with Gasteiger partial charge in [-0.1, -0.05) is 66.7 Å². The minimum Gasteiger partial charge on any atom is -0.331 e. The molecule has 0 unspecified atom stereocenters. The number of fused-ring (bicyclic) bond motifs is 1. The summed E-state index contributed by atoms with van der Waals surface area (Å²) in [4.78, 5) is 12.9. The molecule has 1 amide bonds. The van der Waals surface area contributed by atoms with Crippen LogP contribution in [-0.4, -0.2) is 31.4 Å². The number of hydrogen-bond acceptors (Lipinski definition) is 4. The minimum absolute atomic E-state index is 0.168. The van der Waals surface area contributed by atoms with Crippen molar-refractivity contribution >= 4 is 32.9 Å². The van der Waals surface area contributed by atoms with Gasteiger partial charge in [0.2, 0.25) is 5.91 Å². The summed E-state index contributed by atoms with van der Waals surface area (Å²) < 4.78 is 27.7. The largest absolute Gasteiger partial charge is 0.331 e. The van der Waals surface area contributed by atoms with Crippen LogP contribution >= 0.6 is 0 Å². The number of nitrogens with zero attached hydrogens (tertiary/aromatic N) is 1. The lowest BCUT2D eigenvalue weighted by Crippen LogP contribution is -2.42. The van der Waals surface area contributed by atoms with Gasteiger partial charge >= 0.3 is 0 Å². The second-order valence-corrected chi connectivity index (χ2v) is 9.40. The fourth-order valence-corrected chi connectivity index (χ4v) is 5.10. The van der Waals surface area contributed by atoms with E-state index in [-0.39, 0.29) is 10.8 Å². The van der Waals surface area contributed by atoms with Crippen LogP contribution in [0.25, 0.3) is 17.0 Å². The summed E-state index contributed by atoms with van der Waals surface area (Å²) in [5, 5.41) is 6.62. The number of hydrogen-bond donors (Lipinski definition) is 2. The van der Waals surface area contributed by atoms with Gasteiger partial charge in [0.25, 0.3) is 10.0 Å². The highest BCUT2D eigenvalue weighted by atomic mass is 32.2. The second-order valence-electron chi connectivity index (χ2n) is 7.59. The molecule has 6 nitrogen and oxygen atoms in total. The maximum absolute atomic E-state index is 13.2. The highest BCUT2D eigenvalue weighted by Crippen LogP contribution is 2.26. The van der Waals surface area contributed by atoms with Gasteiger partial charge in [0.15, 0.2) is 0 Å². The van der Waals surface area contributed by atoms with Gasteiger partial charge in [-0.15, -0.1) is 0 Å². The summed E-state index contributed by atoms with van der Waals surface area (Å²) in [7, 11) is -2.00. The fraction of sp³-hybridized carbons (Fsp3) is 0.115. The Morgan fingerprint density at radius 3 is 2.27 bits per heavy atom. The third kappa shape index (κ3) is 4.89. The van der Waals surface area contributed by atoms with E-state index < -0.39 is 16.1 Å². The van der Waals surface area contributed by atoms with Crippen molar-refractivity contribution in [1.82, 2.24) is 14.6 Å². The molecule has 0 saturated carbocycles. The summed E-state index contributed by atoms with van der Waals surface area (Å²) >= 11 is 0. The summed E-state index contributed by atoms with van der Waals surface area (Å²) in [6.45, 7) is 0. The molecule has 7 heteroatoms. The number of rotatable bonds is 8. The predicted octanol–water partition coefficient (Wildman–Crippen LogP) is 3.80. The zero-order chi connectivity index (χ0) is 23.3. The Balaban J connectivity index is 1.57. The number of para-hydroxylation sites is 1. The third-order valence-electron chi connectivity index (χ3n) is 5.44. The van der Waals surface area contributed by atoms with E-state index in [1.54, 1.807) is 68.0 Å². The number of likely N-dealkylation sites (N-methyl/N-ethyl adjacent to an activating group) is 1. The first-order valence-electron chi connectivity index (χ1n) is 10.6. The average Bonchev–Trinajstić information content (AvgIpc) is 3.23. The van der Waals surface area contributed by atoms with Crippen LogP contribution in [0.2, 0.25) is 0 Å². The maximum atomic E-state index is 13.2. The number of nitrogens with one attached hydrogen (secondary N) is 2. The van der Waals surface area contributed by atoms with E-state index in [1.165, 1.54) is 3.97 Å². The molecular formula is C26H25N3O3S. The standard InChI is InChI=1S/C26H25N3O3S/c1-27-24(18-20-10-4-2-5-11-20)26(30)28-17-16-21-19-29(25-15-9-8-14-23(21)25)33(31,32)22-12-6-3-7-13-22/h2-17,19,24,27H,18H2,1H3,(H,28,30)/b17-16+/t24-/m0/s1. The van der Waals surface area contributed by atoms with Crippen LogP contribution in [0.15, 0.2) is 102 Å². The van der Waals surface area contributed by atoms with Crippen LogP contribution in [0.3, 0.4) is 0 Å². The molecule has 0 aliphatic carbocycles. The molecule has 0 aliphatic rings. The number of carbonyl (C=O) groups excluding carboxylic acids is 1. The molecule has 0 aliphatic heterocycles. The van der Waals surface area contributed by atoms with Gasteiger partial charge in [0, 0.05) is 23.3 Å². The number of benzene rings is 3. The molecule has 2 N–H and O–H groups in total. The Bertz CT molecular complexity index is 1380. The van der Waals surface area contributed by atoms with Crippen LogP contribution in [0.5, 0.6) is 0 Å². The van der Waals surface area contributed by atoms with Crippen molar-refractivity contribution in [2.45, 2.75) is 17.4 Å². The quantitative estimate of drug-likeness (QED) is 0.420. The van der Waals surface area contributed by atoms with Gasteiger partial charge in [0.05, 0.1) is 16.5 Å². The van der Waals surface area contributed by atoms with E-state index in [0.29, 0.717) is 17.5 Å². The molecular weight excluding hydrogens is 434 g/mol. The molecule has 0 spiro atoms. The van der Waals surface area contributed by atoms with Crippen molar-refractivity contribution in [2.24, 2.45) is 0 Å². The first-order chi connectivity index (χ1) is 16.0. The molecule has 0 bridgehead atoms.